The van der Waals surface area contributed by atoms with Gasteiger partial charge in [0, 0.05) is 0 Å². The van der Waals surface area contributed by atoms with E-state index in [9.17, 15) is 9.18 Å². The molecule has 24 heavy (non-hydrogen) atoms. The standard InChI is InChI=1S/C18H21FN2O3/c1-3-9-18(10-23-11-18)24-17(22)15-16(19)20-12-21(15)13(2)14-7-5-4-6-8-14/h4-8,12-13H,3,9-11H2,1-2H3/t13-/m1/s1. The predicted molar refractivity (Wildman–Crippen MR) is 86.3 cm³/mol. The van der Waals surface area contributed by atoms with Gasteiger partial charge in [-0.15, -0.1) is 0 Å². The Balaban J connectivity index is 1.86. The van der Waals surface area contributed by atoms with E-state index in [0.717, 1.165) is 12.0 Å². The van der Waals surface area contributed by atoms with Crippen LogP contribution in [0.1, 0.15) is 48.8 Å². The number of carbonyl (C=O) groups is 1. The van der Waals surface area contributed by atoms with Crippen LogP contribution in [0.4, 0.5) is 4.39 Å². The van der Waals surface area contributed by atoms with Crippen molar-refractivity contribution in [2.45, 2.75) is 38.3 Å². The first-order valence-electron chi connectivity index (χ1n) is 8.14. The topological polar surface area (TPSA) is 53.3 Å². The second-order valence-electron chi connectivity index (χ2n) is 6.19. The van der Waals surface area contributed by atoms with Gasteiger partial charge in [0.15, 0.2) is 11.3 Å². The van der Waals surface area contributed by atoms with E-state index < -0.39 is 17.5 Å². The molecule has 0 aliphatic carbocycles. The molecule has 1 atom stereocenters. The van der Waals surface area contributed by atoms with Crippen LogP contribution in [-0.4, -0.2) is 34.3 Å². The van der Waals surface area contributed by atoms with Crippen molar-refractivity contribution in [2.75, 3.05) is 13.2 Å². The summed E-state index contributed by atoms with van der Waals surface area (Å²) in [5.41, 5.74) is 0.177. The zero-order valence-corrected chi connectivity index (χ0v) is 13.9. The van der Waals surface area contributed by atoms with Crippen molar-refractivity contribution >= 4 is 5.97 Å². The van der Waals surface area contributed by atoms with Crippen LogP contribution in [0.25, 0.3) is 0 Å². The van der Waals surface area contributed by atoms with Crippen LogP contribution >= 0.6 is 0 Å². The molecule has 1 aromatic heterocycles. The molecule has 0 bridgehead atoms. The monoisotopic (exact) mass is 332 g/mol. The number of rotatable bonds is 6. The quantitative estimate of drug-likeness (QED) is 0.761. The third-order valence-corrected chi connectivity index (χ3v) is 4.39. The van der Waals surface area contributed by atoms with Gasteiger partial charge in [0.25, 0.3) is 0 Å². The van der Waals surface area contributed by atoms with E-state index in [1.54, 1.807) is 0 Å². The highest BCUT2D eigenvalue weighted by molar-refractivity contribution is 5.88. The van der Waals surface area contributed by atoms with Crippen LogP contribution in [0.15, 0.2) is 36.7 Å². The van der Waals surface area contributed by atoms with Gasteiger partial charge in [-0.2, -0.15) is 4.39 Å². The molecule has 2 heterocycles. The maximum absolute atomic E-state index is 14.2. The minimum Gasteiger partial charge on any atom is -0.449 e. The minimum atomic E-state index is -0.810. The molecule has 5 nitrogen and oxygen atoms in total. The Morgan fingerprint density at radius 3 is 2.71 bits per heavy atom. The lowest BCUT2D eigenvalue weighted by atomic mass is 9.96. The summed E-state index contributed by atoms with van der Waals surface area (Å²) in [6, 6.07) is 9.33. The fourth-order valence-corrected chi connectivity index (χ4v) is 3.00. The second-order valence-corrected chi connectivity index (χ2v) is 6.19. The summed E-state index contributed by atoms with van der Waals surface area (Å²) in [6.45, 7) is 4.62. The lowest BCUT2D eigenvalue weighted by molar-refractivity contribution is -0.184. The van der Waals surface area contributed by atoms with Gasteiger partial charge in [0.05, 0.1) is 25.6 Å². The van der Waals surface area contributed by atoms with Crippen molar-refractivity contribution in [3.8, 4) is 0 Å². The van der Waals surface area contributed by atoms with Crippen LogP contribution in [0, 0.1) is 5.95 Å². The number of halogens is 1. The maximum atomic E-state index is 14.2. The van der Waals surface area contributed by atoms with Gasteiger partial charge >= 0.3 is 5.97 Å². The molecule has 1 aliphatic heterocycles. The Morgan fingerprint density at radius 1 is 1.42 bits per heavy atom. The molecule has 0 saturated carbocycles. The zero-order chi connectivity index (χ0) is 17.2. The van der Waals surface area contributed by atoms with Crippen LogP contribution in [-0.2, 0) is 9.47 Å². The average molecular weight is 332 g/mol. The molecule has 0 radical (unpaired) electrons. The normalized spacial score (nSPS) is 17.1. The number of hydrogen-bond donors (Lipinski definition) is 0. The molecule has 3 rings (SSSR count). The number of benzene rings is 1. The Labute approximate surface area is 140 Å². The van der Waals surface area contributed by atoms with Crippen LogP contribution in [0.5, 0.6) is 0 Å². The molecular weight excluding hydrogens is 311 g/mol. The minimum absolute atomic E-state index is 0.145. The smallest absolute Gasteiger partial charge is 0.360 e. The first kappa shape index (κ1) is 16.6. The van der Waals surface area contributed by atoms with E-state index in [1.807, 2.05) is 44.2 Å². The number of nitrogens with zero attached hydrogens (tertiary/aromatic N) is 2. The third-order valence-electron chi connectivity index (χ3n) is 4.39. The van der Waals surface area contributed by atoms with E-state index >= 15 is 0 Å². The summed E-state index contributed by atoms with van der Waals surface area (Å²) in [6.07, 6.45) is 2.90. The zero-order valence-electron chi connectivity index (χ0n) is 13.9. The molecule has 0 spiro atoms. The van der Waals surface area contributed by atoms with Crippen molar-refractivity contribution in [2.24, 2.45) is 0 Å². The number of carbonyl (C=O) groups excluding carboxylic acids is 1. The van der Waals surface area contributed by atoms with Crippen molar-refractivity contribution in [3.05, 3.63) is 53.9 Å². The molecule has 1 fully saturated rings. The Bertz CT molecular complexity index is 710. The Morgan fingerprint density at radius 2 is 2.12 bits per heavy atom. The van der Waals surface area contributed by atoms with E-state index in [4.69, 9.17) is 9.47 Å². The molecular formula is C18H21FN2O3. The molecule has 0 amide bonds. The SMILES string of the molecule is CCCC1(OC(=O)c2c(F)ncn2[C@H](C)c2ccccc2)COC1. The van der Waals surface area contributed by atoms with Gasteiger partial charge in [-0.1, -0.05) is 43.7 Å². The summed E-state index contributed by atoms with van der Waals surface area (Å²) in [4.78, 5) is 16.3. The molecule has 2 aromatic rings. The highest BCUT2D eigenvalue weighted by atomic mass is 19.1. The molecule has 0 unspecified atom stereocenters. The summed E-state index contributed by atoms with van der Waals surface area (Å²) in [5.74, 6) is -1.50. The fraction of sp³-hybridized carbons (Fsp3) is 0.444. The predicted octanol–water partition coefficient (Wildman–Crippen LogP) is 3.36. The lowest BCUT2D eigenvalue weighted by Crippen LogP contribution is -2.53. The molecule has 1 aromatic carbocycles. The number of esters is 1. The first-order valence-corrected chi connectivity index (χ1v) is 8.14. The highest BCUT2D eigenvalue weighted by Gasteiger charge is 2.43. The van der Waals surface area contributed by atoms with Crippen molar-refractivity contribution in [1.82, 2.24) is 9.55 Å². The maximum Gasteiger partial charge on any atom is 0.360 e. The molecule has 128 valence electrons. The summed E-state index contributed by atoms with van der Waals surface area (Å²) < 4.78 is 26.5. The number of ether oxygens (including phenoxy) is 2. The van der Waals surface area contributed by atoms with Gasteiger partial charge in [0.1, 0.15) is 0 Å². The lowest BCUT2D eigenvalue weighted by Gasteiger charge is -2.40. The van der Waals surface area contributed by atoms with Crippen molar-refractivity contribution < 1.29 is 18.7 Å². The van der Waals surface area contributed by atoms with Gasteiger partial charge in [-0.25, -0.2) is 9.78 Å². The number of hydrogen-bond acceptors (Lipinski definition) is 4. The number of imidazole rings is 1. The third kappa shape index (κ3) is 3.06. The summed E-state index contributed by atoms with van der Waals surface area (Å²) in [7, 11) is 0. The van der Waals surface area contributed by atoms with Crippen molar-refractivity contribution in [1.29, 1.82) is 0 Å². The van der Waals surface area contributed by atoms with Gasteiger partial charge in [-0.05, 0) is 18.9 Å². The fourth-order valence-electron chi connectivity index (χ4n) is 3.00. The van der Waals surface area contributed by atoms with E-state index in [0.29, 0.717) is 19.6 Å². The van der Waals surface area contributed by atoms with Gasteiger partial charge in [-0.3, -0.25) is 0 Å². The van der Waals surface area contributed by atoms with Gasteiger partial charge in [0.2, 0.25) is 5.95 Å². The highest BCUT2D eigenvalue weighted by Crippen LogP contribution is 2.30. The largest absolute Gasteiger partial charge is 0.449 e. The van der Waals surface area contributed by atoms with Crippen LogP contribution in [0.3, 0.4) is 0 Å². The Kier molecular flexibility index (Phi) is 4.66. The van der Waals surface area contributed by atoms with Crippen molar-refractivity contribution in [3.63, 3.8) is 0 Å². The van der Waals surface area contributed by atoms with Crippen LogP contribution < -0.4 is 0 Å². The van der Waals surface area contributed by atoms with E-state index in [2.05, 4.69) is 4.98 Å². The molecule has 0 N–H and O–H groups in total. The molecule has 1 aliphatic rings. The average Bonchev–Trinajstić information content (AvgIpc) is 2.94. The number of aromatic nitrogens is 2. The van der Waals surface area contributed by atoms with E-state index in [1.165, 1.54) is 10.9 Å². The molecule has 6 heteroatoms. The summed E-state index contributed by atoms with van der Waals surface area (Å²) >= 11 is 0. The second kappa shape index (κ2) is 6.73. The Hall–Kier alpha value is -2.21. The van der Waals surface area contributed by atoms with E-state index in [-0.39, 0.29) is 11.7 Å². The van der Waals surface area contributed by atoms with Crippen LogP contribution in [0.2, 0.25) is 0 Å². The summed E-state index contributed by atoms with van der Waals surface area (Å²) in [5, 5.41) is 0. The van der Waals surface area contributed by atoms with Gasteiger partial charge < -0.3 is 14.0 Å². The first-order chi connectivity index (χ1) is 11.6. The molecule has 1 saturated heterocycles.